The van der Waals surface area contributed by atoms with Gasteiger partial charge in [0.15, 0.2) is 11.5 Å². The largest absolute Gasteiger partial charge is 0.490 e. The number of aryl methyl sites for hydroxylation is 1. The molecule has 0 bridgehead atoms. The van der Waals surface area contributed by atoms with Crippen LogP contribution in [0.25, 0.3) is 0 Å². The van der Waals surface area contributed by atoms with E-state index in [9.17, 15) is 0 Å². The van der Waals surface area contributed by atoms with Gasteiger partial charge >= 0.3 is 0 Å². The van der Waals surface area contributed by atoms with Crippen LogP contribution in [0.15, 0.2) is 65.3 Å². The molecule has 1 heterocycles. The molecule has 0 aliphatic rings. The minimum Gasteiger partial charge on any atom is -0.490 e. The van der Waals surface area contributed by atoms with E-state index in [0.29, 0.717) is 38.8 Å². The molecule has 0 unspecified atom stereocenters. The molecule has 6 heteroatoms. The van der Waals surface area contributed by atoms with Gasteiger partial charge in [0.2, 0.25) is 5.88 Å². The van der Waals surface area contributed by atoms with Crippen molar-refractivity contribution in [1.29, 1.82) is 0 Å². The summed E-state index contributed by atoms with van der Waals surface area (Å²) in [5.41, 5.74) is 3.45. The Morgan fingerprint density at radius 3 is 2.60 bits per heavy atom. The molecule has 1 aromatic heterocycles. The van der Waals surface area contributed by atoms with Crippen molar-refractivity contribution in [2.45, 2.75) is 27.0 Å². The lowest BCUT2D eigenvalue weighted by molar-refractivity contribution is 0.268. The third-order valence-electron chi connectivity index (χ3n) is 4.37. The molecule has 0 saturated heterocycles. The van der Waals surface area contributed by atoms with Crippen molar-refractivity contribution in [1.82, 2.24) is 10.3 Å². The Morgan fingerprint density at radius 1 is 0.967 bits per heavy atom. The Morgan fingerprint density at radius 2 is 1.83 bits per heavy atom. The molecule has 158 valence electrons. The molecule has 30 heavy (non-hydrogen) atoms. The Balaban J connectivity index is 1.56. The summed E-state index contributed by atoms with van der Waals surface area (Å²) in [7, 11) is 0. The Bertz CT molecular complexity index is 935. The van der Waals surface area contributed by atoms with E-state index in [0.717, 1.165) is 27.1 Å². The second-order valence-electron chi connectivity index (χ2n) is 6.79. The zero-order chi connectivity index (χ0) is 21.2. The van der Waals surface area contributed by atoms with Gasteiger partial charge in [0.05, 0.1) is 6.61 Å². The first-order valence-electron chi connectivity index (χ1n) is 10.0. The highest BCUT2D eigenvalue weighted by molar-refractivity contribution is 9.10. The van der Waals surface area contributed by atoms with Crippen molar-refractivity contribution >= 4 is 15.9 Å². The smallest absolute Gasteiger partial charge is 0.213 e. The lowest BCUT2D eigenvalue weighted by Crippen LogP contribution is -2.21. The van der Waals surface area contributed by atoms with Gasteiger partial charge in [-0.2, -0.15) is 0 Å². The van der Waals surface area contributed by atoms with E-state index in [1.165, 1.54) is 5.56 Å². The van der Waals surface area contributed by atoms with Gasteiger partial charge in [-0.15, -0.1) is 0 Å². The molecule has 3 rings (SSSR count). The fourth-order valence-electron chi connectivity index (χ4n) is 2.94. The maximum atomic E-state index is 6.06. The summed E-state index contributed by atoms with van der Waals surface area (Å²) in [6, 6.07) is 17.9. The summed E-state index contributed by atoms with van der Waals surface area (Å²) >= 11 is 3.66. The van der Waals surface area contributed by atoms with Crippen LogP contribution in [0.4, 0.5) is 0 Å². The SMILES string of the molecule is CCOc1cc(CNCCOc2ccccn2)c(Br)cc1OCc1cccc(C)c1. The maximum absolute atomic E-state index is 6.06. The van der Waals surface area contributed by atoms with Crippen LogP contribution in [0, 0.1) is 6.92 Å². The first kappa shape index (κ1) is 22.1. The summed E-state index contributed by atoms with van der Waals surface area (Å²) < 4.78 is 18.5. The minimum absolute atomic E-state index is 0.497. The zero-order valence-corrected chi connectivity index (χ0v) is 18.9. The van der Waals surface area contributed by atoms with E-state index in [1.54, 1.807) is 6.20 Å². The molecule has 0 aliphatic carbocycles. The van der Waals surface area contributed by atoms with Gasteiger partial charge in [-0.05, 0) is 43.2 Å². The molecule has 0 atom stereocenters. The summed E-state index contributed by atoms with van der Waals surface area (Å²) in [4.78, 5) is 4.15. The molecule has 0 aliphatic heterocycles. The highest BCUT2D eigenvalue weighted by Crippen LogP contribution is 2.34. The normalized spacial score (nSPS) is 10.6. The van der Waals surface area contributed by atoms with Gasteiger partial charge in [0.1, 0.15) is 13.2 Å². The number of hydrogen-bond donors (Lipinski definition) is 1. The first-order chi connectivity index (χ1) is 14.7. The number of ether oxygens (including phenoxy) is 3. The lowest BCUT2D eigenvalue weighted by Gasteiger charge is -2.16. The number of pyridine rings is 1. The van der Waals surface area contributed by atoms with Crippen LogP contribution in [0.2, 0.25) is 0 Å². The second kappa shape index (κ2) is 11.6. The Labute approximate surface area is 186 Å². The topological polar surface area (TPSA) is 52.6 Å². The number of rotatable bonds is 11. The van der Waals surface area contributed by atoms with E-state index in [2.05, 4.69) is 51.4 Å². The molecule has 3 aromatic rings. The molecule has 1 N–H and O–H groups in total. The van der Waals surface area contributed by atoms with Crippen LogP contribution < -0.4 is 19.5 Å². The summed E-state index contributed by atoms with van der Waals surface area (Å²) in [6.07, 6.45) is 1.72. The van der Waals surface area contributed by atoms with Crippen molar-refractivity contribution in [3.05, 3.63) is 82.0 Å². The third kappa shape index (κ3) is 6.75. The van der Waals surface area contributed by atoms with Crippen LogP contribution in [0.1, 0.15) is 23.6 Å². The first-order valence-corrected chi connectivity index (χ1v) is 10.8. The molecule has 0 amide bonds. The van der Waals surface area contributed by atoms with E-state index >= 15 is 0 Å². The number of nitrogens with zero attached hydrogens (tertiary/aromatic N) is 1. The molecule has 0 fully saturated rings. The summed E-state index contributed by atoms with van der Waals surface area (Å²) in [5, 5.41) is 3.39. The average molecular weight is 471 g/mol. The van der Waals surface area contributed by atoms with Gasteiger partial charge in [0, 0.05) is 29.8 Å². The van der Waals surface area contributed by atoms with Gasteiger partial charge in [-0.3, -0.25) is 0 Å². The van der Waals surface area contributed by atoms with Crippen LogP contribution in [-0.2, 0) is 13.2 Å². The van der Waals surface area contributed by atoms with Gasteiger partial charge < -0.3 is 19.5 Å². The van der Waals surface area contributed by atoms with E-state index in [1.807, 2.05) is 43.3 Å². The molecule has 0 spiro atoms. The van der Waals surface area contributed by atoms with Gasteiger partial charge in [0.25, 0.3) is 0 Å². The van der Waals surface area contributed by atoms with Crippen LogP contribution in [0.3, 0.4) is 0 Å². The molecule has 5 nitrogen and oxygen atoms in total. The van der Waals surface area contributed by atoms with Crippen molar-refractivity contribution in [3.8, 4) is 17.4 Å². The van der Waals surface area contributed by atoms with Crippen LogP contribution >= 0.6 is 15.9 Å². The van der Waals surface area contributed by atoms with Gasteiger partial charge in [-0.1, -0.05) is 51.8 Å². The monoisotopic (exact) mass is 470 g/mol. The molecule has 0 radical (unpaired) electrons. The highest BCUT2D eigenvalue weighted by Gasteiger charge is 2.11. The minimum atomic E-state index is 0.497. The second-order valence-corrected chi connectivity index (χ2v) is 7.65. The van der Waals surface area contributed by atoms with Crippen LogP contribution in [-0.4, -0.2) is 24.7 Å². The predicted molar refractivity (Wildman–Crippen MR) is 122 cm³/mol. The number of nitrogens with one attached hydrogen (secondary N) is 1. The quantitative estimate of drug-likeness (QED) is 0.385. The number of halogens is 1. The number of benzene rings is 2. The van der Waals surface area contributed by atoms with Gasteiger partial charge in [-0.25, -0.2) is 4.98 Å². The third-order valence-corrected chi connectivity index (χ3v) is 5.11. The molecule has 2 aromatic carbocycles. The van der Waals surface area contributed by atoms with E-state index in [4.69, 9.17) is 14.2 Å². The van der Waals surface area contributed by atoms with Crippen molar-refractivity contribution in [2.24, 2.45) is 0 Å². The van der Waals surface area contributed by atoms with E-state index < -0.39 is 0 Å². The molecular weight excluding hydrogens is 444 g/mol. The standard InChI is InChI=1S/C24H27BrN2O3/c1-3-28-22-14-20(16-26-11-12-29-24-9-4-5-10-27-24)21(25)15-23(22)30-17-19-8-6-7-18(2)13-19/h4-10,13-15,26H,3,11-12,16-17H2,1-2H3. The summed E-state index contributed by atoms with van der Waals surface area (Å²) in [6.45, 7) is 7.06. The Hall–Kier alpha value is -2.57. The van der Waals surface area contributed by atoms with Crippen molar-refractivity contribution in [3.63, 3.8) is 0 Å². The maximum Gasteiger partial charge on any atom is 0.213 e. The van der Waals surface area contributed by atoms with Crippen LogP contribution in [0.5, 0.6) is 17.4 Å². The highest BCUT2D eigenvalue weighted by atomic mass is 79.9. The number of aromatic nitrogens is 1. The predicted octanol–water partition coefficient (Wildman–Crippen LogP) is 5.30. The fourth-order valence-corrected chi connectivity index (χ4v) is 3.40. The number of hydrogen-bond acceptors (Lipinski definition) is 5. The Kier molecular flexibility index (Phi) is 8.53. The lowest BCUT2D eigenvalue weighted by atomic mass is 10.1. The van der Waals surface area contributed by atoms with Crippen molar-refractivity contribution in [2.75, 3.05) is 19.8 Å². The van der Waals surface area contributed by atoms with Crippen molar-refractivity contribution < 1.29 is 14.2 Å². The molecular formula is C24H27BrN2O3. The molecule has 0 saturated carbocycles. The van der Waals surface area contributed by atoms with E-state index in [-0.39, 0.29) is 0 Å². The summed E-state index contributed by atoms with van der Waals surface area (Å²) in [5.74, 6) is 2.11. The fraction of sp³-hybridized carbons (Fsp3) is 0.292. The average Bonchev–Trinajstić information content (AvgIpc) is 2.75. The zero-order valence-electron chi connectivity index (χ0n) is 17.4.